The van der Waals surface area contributed by atoms with Crippen molar-refractivity contribution in [2.45, 2.75) is 42.4 Å². The van der Waals surface area contributed by atoms with Gasteiger partial charge in [-0.3, -0.25) is 0 Å². The number of carbonyl (C=O) groups excluding carboxylic acids is 1. The first-order chi connectivity index (χ1) is 20.6. The second-order valence-corrected chi connectivity index (χ2v) is 12.3. The van der Waals surface area contributed by atoms with E-state index in [1.165, 1.54) is 4.70 Å². The SMILES string of the molecule is O=C(NCc1ccccc1)Nc1cccc(C2OC(CSc3nc4ccccc4s3)CC(c3ccc(CO)cc3)O2)c1. The number of thioether (sulfide) groups is 1. The van der Waals surface area contributed by atoms with Crippen LogP contribution in [-0.2, 0) is 22.6 Å². The molecule has 1 aromatic heterocycles. The van der Waals surface area contributed by atoms with E-state index < -0.39 is 6.29 Å². The summed E-state index contributed by atoms with van der Waals surface area (Å²) in [6, 6.07) is 33.1. The Morgan fingerprint density at radius 1 is 0.905 bits per heavy atom. The van der Waals surface area contributed by atoms with Gasteiger partial charge in [-0.2, -0.15) is 0 Å². The van der Waals surface area contributed by atoms with Gasteiger partial charge in [-0.15, -0.1) is 11.3 Å². The van der Waals surface area contributed by atoms with Gasteiger partial charge in [0, 0.05) is 30.0 Å². The fourth-order valence-corrected chi connectivity index (χ4v) is 6.93. The zero-order chi connectivity index (χ0) is 28.7. The summed E-state index contributed by atoms with van der Waals surface area (Å²) in [5.41, 5.74) is 5.40. The molecule has 214 valence electrons. The van der Waals surface area contributed by atoms with Crippen LogP contribution >= 0.6 is 23.1 Å². The summed E-state index contributed by atoms with van der Waals surface area (Å²) in [6.07, 6.45) is -0.208. The number of amides is 2. The van der Waals surface area contributed by atoms with Gasteiger partial charge in [-0.25, -0.2) is 9.78 Å². The topological polar surface area (TPSA) is 92.7 Å². The lowest BCUT2D eigenvalue weighted by Gasteiger charge is -2.36. The van der Waals surface area contributed by atoms with Gasteiger partial charge in [0.25, 0.3) is 0 Å². The highest BCUT2D eigenvalue weighted by atomic mass is 32.2. The number of fused-ring (bicyclic) bond motifs is 1. The Morgan fingerprint density at radius 2 is 1.71 bits per heavy atom. The third-order valence-electron chi connectivity index (χ3n) is 6.99. The van der Waals surface area contributed by atoms with Crippen molar-refractivity contribution < 1.29 is 19.4 Å². The quantitative estimate of drug-likeness (QED) is 0.153. The first-order valence-electron chi connectivity index (χ1n) is 13.8. The molecule has 1 fully saturated rings. The molecule has 3 N–H and O–H groups in total. The Bertz CT molecular complexity index is 1590. The highest BCUT2D eigenvalue weighted by Crippen LogP contribution is 2.40. The number of nitrogens with one attached hydrogen (secondary N) is 2. The lowest BCUT2D eigenvalue weighted by molar-refractivity contribution is -0.245. The molecule has 4 aromatic carbocycles. The first-order valence-corrected chi connectivity index (χ1v) is 15.6. The van der Waals surface area contributed by atoms with Crippen molar-refractivity contribution in [3.63, 3.8) is 0 Å². The monoisotopic (exact) mass is 597 g/mol. The van der Waals surface area contributed by atoms with E-state index in [2.05, 4.69) is 16.7 Å². The maximum Gasteiger partial charge on any atom is 0.319 e. The summed E-state index contributed by atoms with van der Waals surface area (Å²) in [4.78, 5) is 17.4. The smallest absolute Gasteiger partial charge is 0.319 e. The minimum absolute atomic E-state index is 0.00229. The summed E-state index contributed by atoms with van der Waals surface area (Å²) in [7, 11) is 0. The van der Waals surface area contributed by atoms with Crippen LogP contribution in [0.5, 0.6) is 0 Å². The molecule has 5 aromatic rings. The van der Waals surface area contributed by atoms with Crippen LogP contribution < -0.4 is 10.6 Å². The second kappa shape index (κ2) is 13.5. The number of thiazole rings is 1. The van der Waals surface area contributed by atoms with E-state index >= 15 is 0 Å². The van der Waals surface area contributed by atoms with Crippen molar-refractivity contribution >= 4 is 45.0 Å². The van der Waals surface area contributed by atoms with E-state index in [9.17, 15) is 9.90 Å². The van der Waals surface area contributed by atoms with E-state index in [1.54, 1.807) is 23.1 Å². The largest absolute Gasteiger partial charge is 0.392 e. The molecule has 42 heavy (non-hydrogen) atoms. The van der Waals surface area contributed by atoms with Crippen LogP contribution in [0, 0.1) is 0 Å². The fourth-order valence-electron chi connectivity index (χ4n) is 4.82. The lowest BCUT2D eigenvalue weighted by atomic mass is 10.0. The average Bonchev–Trinajstić information content (AvgIpc) is 3.47. The van der Waals surface area contributed by atoms with Gasteiger partial charge in [-0.05, 0) is 41.0 Å². The molecule has 0 aliphatic carbocycles. The number of hydrogen-bond donors (Lipinski definition) is 3. The van der Waals surface area contributed by atoms with Gasteiger partial charge in [0.05, 0.1) is 29.0 Å². The third kappa shape index (κ3) is 7.18. The predicted molar refractivity (Wildman–Crippen MR) is 168 cm³/mol. The highest BCUT2D eigenvalue weighted by Gasteiger charge is 2.32. The highest BCUT2D eigenvalue weighted by molar-refractivity contribution is 8.01. The van der Waals surface area contributed by atoms with Gasteiger partial charge in [0.2, 0.25) is 0 Å². The molecule has 3 atom stereocenters. The number of hydrogen-bond acceptors (Lipinski definition) is 7. The lowest BCUT2D eigenvalue weighted by Crippen LogP contribution is -2.31. The zero-order valence-electron chi connectivity index (χ0n) is 22.8. The van der Waals surface area contributed by atoms with E-state index in [1.807, 2.05) is 97.1 Å². The summed E-state index contributed by atoms with van der Waals surface area (Å²) in [5, 5.41) is 15.3. The number of rotatable bonds is 9. The summed E-state index contributed by atoms with van der Waals surface area (Å²) >= 11 is 3.39. The number of aliphatic hydroxyl groups is 1. The fraction of sp³-hybridized carbons (Fsp3) is 0.212. The maximum absolute atomic E-state index is 12.6. The molecule has 2 amide bonds. The second-order valence-electron chi connectivity index (χ2n) is 10.0. The van der Waals surface area contributed by atoms with Gasteiger partial charge >= 0.3 is 6.03 Å². The number of carbonyl (C=O) groups is 1. The van der Waals surface area contributed by atoms with E-state index in [4.69, 9.17) is 14.5 Å². The summed E-state index contributed by atoms with van der Waals surface area (Å²) in [5.74, 6) is 0.727. The molecule has 7 nitrogen and oxygen atoms in total. The van der Waals surface area contributed by atoms with Crippen LogP contribution in [0.1, 0.15) is 41.1 Å². The van der Waals surface area contributed by atoms with Crippen LogP contribution in [0.4, 0.5) is 10.5 Å². The number of urea groups is 1. The van der Waals surface area contributed by atoms with Gasteiger partial charge in [0.15, 0.2) is 10.6 Å². The number of aliphatic hydroxyl groups excluding tert-OH is 1. The van der Waals surface area contributed by atoms with Gasteiger partial charge in [0.1, 0.15) is 0 Å². The van der Waals surface area contributed by atoms with E-state index in [-0.39, 0.29) is 24.8 Å². The molecule has 9 heteroatoms. The van der Waals surface area contributed by atoms with Crippen molar-refractivity contribution in [3.05, 3.63) is 125 Å². The van der Waals surface area contributed by atoms with E-state index in [0.29, 0.717) is 18.7 Å². The molecule has 2 heterocycles. The number of nitrogens with zero attached hydrogens (tertiary/aromatic N) is 1. The summed E-state index contributed by atoms with van der Waals surface area (Å²) in [6.45, 7) is 0.434. The molecule has 3 unspecified atom stereocenters. The summed E-state index contributed by atoms with van der Waals surface area (Å²) < 4.78 is 15.2. The molecule has 0 bridgehead atoms. The zero-order valence-corrected chi connectivity index (χ0v) is 24.4. The number of aromatic nitrogens is 1. The Labute approximate surface area is 252 Å². The Morgan fingerprint density at radius 3 is 2.52 bits per heavy atom. The molecule has 1 aliphatic rings. The molecule has 0 spiro atoms. The Balaban J connectivity index is 1.16. The van der Waals surface area contributed by atoms with Crippen LogP contribution in [0.3, 0.4) is 0 Å². The van der Waals surface area contributed by atoms with Crippen molar-refractivity contribution in [2.24, 2.45) is 0 Å². The van der Waals surface area contributed by atoms with Crippen molar-refractivity contribution in [1.82, 2.24) is 10.3 Å². The molecule has 6 rings (SSSR count). The molecular weight excluding hydrogens is 567 g/mol. The number of anilines is 1. The number of benzene rings is 4. The normalized spacial score (nSPS) is 18.5. The molecule has 1 saturated heterocycles. The Kier molecular flexibility index (Phi) is 9.12. The first kappa shape index (κ1) is 28.4. The Hall–Kier alpha value is -3.73. The van der Waals surface area contributed by atoms with Crippen molar-refractivity contribution in [3.8, 4) is 0 Å². The minimum Gasteiger partial charge on any atom is -0.392 e. The van der Waals surface area contributed by atoms with Gasteiger partial charge in [-0.1, -0.05) is 90.6 Å². The third-order valence-corrected chi connectivity index (χ3v) is 9.31. The van der Waals surface area contributed by atoms with Crippen LogP contribution in [0.2, 0.25) is 0 Å². The molecule has 0 radical (unpaired) electrons. The van der Waals surface area contributed by atoms with Crippen LogP contribution in [-0.4, -0.2) is 28.0 Å². The minimum atomic E-state index is -0.614. The maximum atomic E-state index is 12.6. The number of ether oxygens (including phenoxy) is 2. The van der Waals surface area contributed by atoms with Gasteiger partial charge < -0.3 is 25.2 Å². The molecule has 0 saturated carbocycles. The van der Waals surface area contributed by atoms with E-state index in [0.717, 1.165) is 37.9 Å². The molecule has 1 aliphatic heterocycles. The molecular formula is C33H31N3O4S2. The predicted octanol–water partition coefficient (Wildman–Crippen LogP) is 7.45. The standard InChI is InChI=1S/C33H31N3O4S2/c37-20-23-13-15-24(16-14-23)29-18-27(21-41-33-36-28-11-4-5-12-30(28)42-33)39-31(40-29)25-9-6-10-26(17-25)35-32(38)34-19-22-7-2-1-3-8-22/h1-17,27,29,31,37H,18-21H2,(H2,34,35,38). The average molecular weight is 598 g/mol. The number of para-hydroxylation sites is 1. The van der Waals surface area contributed by atoms with Crippen LogP contribution in [0.25, 0.3) is 10.2 Å². The van der Waals surface area contributed by atoms with Crippen molar-refractivity contribution in [2.75, 3.05) is 11.1 Å². The van der Waals surface area contributed by atoms with Crippen molar-refractivity contribution in [1.29, 1.82) is 0 Å². The van der Waals surface area contributed by atoms with Crippen LogP contribution in [0.15, 0.2) is 107 Å².